The number of likely N-dealkylation sites (N-methyl/N-ethyl adjacent to an activating group) is 1. The molecule has 0 atom stereocenters. The number of alkyl halides is 1. The minimum atomic E-state index is 0.536. The number of rotatable bonds is 5. The van der Waals surface area contributed by atoms with Crippen molar-refractivity contribution < 1.29 is 0 Å². The standard InChI is InChI=1S/C16H17BrClN/c1-19(10-9-13-5-3-2-4-6-13)15-8-7-14(12-18)16(17)11-15/h2-8,11H,9-10,12H2,1H3. The van der Waals surface area contributed by atoms with Crippen LogP contribution in [0.15, 0.2) is 53.0 Å². The molecule has 0 saturated carbocycles. The summed E-state index contributed by atoms with van der Waals surface area (Å²) in [5.74, 6) is 0.536. The molecule has 0 N–H and O–H groups in total. The van der Waals surface area contributed by atoms with Gasteiger partial charge in [0, 0.05) is 29.6 Å². The summed E-state index contributed by atoms with van der Waals surface area (Å²) in [5, 5.41) is 0. The second kappa shape index (κ2) is 6.97. The summed E-state index contributed by atoms with van der Waals surface area (Å²) in [6, 6.07) is 16.9. The van der Waals surface area contributed by atoms with Gasteiger partial charge in [0.2, 0.25) is 0 Å². The van der Waals surface area contributed by atoms with Gasteiger partial charge >= 0.3 is 0 Å². The van der Waals surface area contributed by atoms with Crippen molar-refractivity contribution in [3.63, 3.8) is 0 Å². The predicted molar refractivity (Wildman–Crippen MR) is 87.1 cm³/mol. The van der Waals surface area contributed by atoms with E-state index in [0.29, 0.717) is 5.88 Å². The highest BCUT2D eigenvalue weighted by atomic mass is 79.9. The third-order valence-electron chi connectivity index (χ3n) is 3.20. The Labute approximate surface area is 128 Å². The molecule has 0 aliphatic carbocycles. The van der Waals surface area contributed by atoms with Gasteiger partial charge in [0.25, 0.3) is 0 Å². The van der Waals surface area contributed by atoms with Crippen LogP contribution in [0.1, 0.15) is 11.1 Å². The first-order valence-electron chi connectivity index (χ1n) is 6.30. The van der Waals surface area contributed by atoms with E-state index in [-0.39, 0.29) is 0 Å². The van der Waals surface area contributed by atoms with Crippen molar-refractivity contribution in [1.82, 2.24) is 0 Å². The molecule has 0 aliphatic rings. The van der Waals surface area contributed by atoms with E-state index >= 15 is 0 Å². The maximum Gasteiger partial charge on any atom is 0.0485 e. The Bertz CT molecular complexity index is 528. The van der Waals surface area contributed by atoms with E-state index in [9.17, 15) is 0 Å². The average molecular weight is 339 g/mol. The van der Waals surface area contributed by atoms with Crippen LogP contribution in [0.2, 0.25) is 0 Å². The molecule has 2 aromatic rings. The van der Waals surface area contributed by atoms with E-state index in [1.807, 2.05) is 0 Å². The molecule has 3 heteroatoms. The van der Waals surface area contributed by atoms with Gasteiger partial charge in [-0.05, 0) is 29.7 Å². The lowest BCUT2D eigenvalue weighted by molar-refractivity contribution is 0.876. The molecule has 0 heterocycles. The third kappa shape index (κ3) is 3.99. The largest absolute Gasteiger partial charge is 0.374 e. The molecule has 2 aromatic carbocycles. The first-order valence-corrected chi connectivity index (χ1v) is 7.63. The Kier molecular flexibility index (Phi) is 5.29. The van der Waals surface area contributed by atoms with Crippen LogP contribution in [-0.2, 0) is 12.3 Å². The zero-order valence-corrected chi connectivity index (χ0v) is 13.3. The smallest absolute Gasteiger partial charge is 0.0485 e. The normalized spacial score (nSPS) is 10.5. The number of anilines is 1. The fourth-order valence-corrected chi connectivity index (χ4v) is 2.85. The van der Waals surface area contributed by atoms with Crippen LogP contribution in [0.4, 0.5) is 5.69 Å². The van der Waals surface area contributed by atoms with E-state index in [4.69, 9.17) is 11.6 Å². The Hall–Kier alpha value is -0.990. The monoisotopic (exact) mass is 337 g/mol. The van der Waals surface area contributed by atoms with Gasteiger partial charge < -0.3 is 4.90 Å². The molecule has 0 saturated heterocycles. The molecule has 0 unspecified atom stereocenters. The van der Waals surface area contributed by atoms with E-state index in [1.54, 1.807) is 0 Å². The molecule has 0 fully saturated rings. The minimum Gasteiger partial charge on any atom is -0.374 e. The quantitative estimate of drug-likeness (QED) is 0.703. The van der Waals surface area contributed by atoms with Crippen LogP contribution >= 0.6 is 27.5 Å². The van der Waals surface area contributed by atoms with Gasteiger partial charge in [-0.3, -0.25) is 0 Å². The van der Waals surface area contributed by atoms with Crippen molar-refractivity contribution >= 4 is 33.2 Å². The average Bonchev–Trinajstić information content (AvgIpc) is 2.45. The summed E-state index contributed by atoms with van der Waals surface area (Å²) in [4.78, 5) is 2.26. The number of nitrogens with zero attached hydrogens (tertiary/aromatic N) is 1. The molecule has 2 rings (SSSR count). The molecule has 1 nitrogen and oxygen atoms in total. The first-order chi connectivity index (χ1) is 9.20. The second-order valence-electron chi connectivity index (χ2n) is 4.57. The number of halogens is 2. The lowest BCUT2D eigenvalue weighted by Gasteiger charge is -2.20. The fourth-order valence-electron chi connectivity index (χ4n) is 1.95. The maximum absolute atomic E-state index is 5.86. The van der Waals surface area contributed by atoms with Gasteiger partial charge in [0.1, 0.15) is 0 Å². The Morgan fingerprint density at radius 1 is 1.11 bits per heavy atom. The van der Waals surface area contributed by atoms with Gasteiger partial charge in [0.15, 0.2) is 0 Å². The van der Waals surface area contributed by atoms with Gasteiger partial charge in [-0.1, -0.05) is 52.3 Å². The zero-order valence-electron chi connectivity index (χ0n) is 10.9. The van der Waals surface area contributed by atoms with Crippen molar-refractivity contribution in [2.45, 2.75) is 12.3 Å². The molecular formula is C16H17BrClN. The van der Waals surface area contributed by atoms with Crippen molar-refractivity contribution in [2.75, 3.05) is 18.5 Å². The summed E-state index contributed by atoms with van der Waals surface area (Å²) in [7, 11) is 2.12. The van der Waals surface area contributed by atoms with Crippen LogP contribution < -0.4 is 4.90 Å². The Morgan fingerprint density at radius 2 is 1.84 bits per heavy atom. The van der Waals surface area contributed by atoms with Crippen LogP contribution in [-0.4, -0.2) is 13.6 Å². The number of hydrogen-bond donors (Lipinski definition) is 0. The van der Waals surface area contributed by atoms with Crippen LogP contribution in [0, 0.1) is 0 Å². The highest BCUT2D eigenvalue weighted by molar-refractivity contribution is 9.10. The lowest BCUT2D eigenvalue weighted by atomic mass is 10.1. The van der Waals surface area contributed by atoms with Crippen LogP contribution in [0.5, 0.6) is 0 Å². The highest BCUT2D eigenvalue weighted by Gasteiger charge is 2.05. The van der Waals surface area contributed by atoms with Crippen LogP contribution in [0.25, 0.3) is 0 Å². The second-order valence-corrected chi connectivity index (χ2v) is 5.69. The first kappa shape index (κ1) is 14.4. The minimum absolute atomic E-state index is 0.536. The topological polar surface area (TPSA) is 3.24 Å². The Balaban J connectivity index is 2.00. The predicted octanol–water partition coefficient (Wildman–Crippen LogP) is 4.87. The summed E-state index contributed by atoms with van der Waals surface area (Å²) in [6.07, 6.45) is 1.05. The van der Waals surface area contributed by atoms with E-state index in [0.717, 1.165) is 23.0 Å². The number of benzene rings is 2. The Morgan fingerprint density at radius 3 is 2.47 bits per heavy atom. The molecule has 100 valence electrons. The van der Waals surface area contributed by atoms with Crippen molar-refractivity contribution in [3.8, 4) is 0 Å². The summed E-state index contributed by atoms with van der Waals surface area (Å²) >= 11 is 9.42. The van der Waals surface area contributed by atoms with Crippen LogP contribution in [0.3, 0.4) is 0 Å². The molecular weight excluding hydrogens is 322 g/mol. The molecule has 0 bridgehead atoms. The SMILES string of the molecule is CN(CCc1ccccc1)c1ccc(CCl)c(Br)c1. The van der Waals surface area contributed by atoms with Gasteiger partial charge in [-0.15, -0.1) is 11.6 Å². The summed E-state index contributed by atoms with van der Waals surface area (Å²) in [6.45, 7) is 0.997. The summed E-state index contributed by atoms with van der Waals surface area (Å²) < 4.78 is 1.08. The summed E-state index contributed by atoms with van der Waals surface area (Å²) in [5.41, 5.74) is 3.70. The van der Waals surface area contributed by atoms with Gasteiger partial charge in [-0.25, -0.2) is 0 Å². The molecule has 0 radical (unpaired) electrons. The van der Waals surface area contributed by atoms with Crippen molar-refractivity contribution in [1.29, 1.82) is 0 Å². The van der Waals surface area contributed by atoms with Gasteiger partial charge in [0.05, 0.1) is 0 Å². The van der Waals surface area contributed by atoms with Gasteiger partial charge in [-0.2, -0.15) is 0 Å². The number of hydrogen-bond acceptors (Lipinski definition) is 1. The van der Waals surface area contributed by atoms with E-state index < -0.39 is 0 Å². The maximum atomic E-state index is 5.86. The van der Waals surface area contributed by atoms with E-state index in [2.05, 4.69) is 76.4 Å². The lowest BCUT2D eigenvalue weighted by Crippen LogP contribution is -2.20. The molecule has 0 spiro atoms. The molecule has 0 aromatic heterocycles. The van der Waals surface area contributed by atoms with E-state index in [1.165, 1.54) is 11.3 Å². The molecule has 0 aliphatic heterocycles. The highest BCUT2D eigenvalue weighted by Crippen LogP contribution is 2.24. The zero-order chi connectivity index (χ0) is 13.7. The third-order valence-corrected chi connectivity index (χ3v) is 4.23. The molecule has 19 heavy (non-hydrogen) atoms. The van der Waals surface area contributed by atoms with Crippen molar-refractivity contribution in [2.24, 2.45) is 0 Å². The fraction of sp³-hybridized carbons (Fsp3) is 0.250. The molecule has 0 amide bonds. The van der Waals surface area contributed by atoms with Crippen molar-refractivity contribution in [3.05, 3.63) is 64.1 Å².